The predicted molar refractivity (Wildman–Crippen MR) is 106 cm³/mol. The molecule has 1 aromatic rings. The van der Waals surface area contributed by atoms with E-state index in [0.717, 1.165) is 57.2 Å². The van der Waals surface area contributed by atoms with Gasteiger partial charge in [0.25, 0.3) is 0 Å². The average Bonchev–Trinajstić information content (AvgIpc) is 3.21. The SMILES string of the molecule is CN=C(NCCc1ccc(NC(C)=O)cc1)N1CCOC(C2CCCO2)C1. The molecular formula is C20H30N4O3. The fraction of sp³-hybridized carbons (Fsp3) is 0.600. The molecular weight excluding hydrogens is 344 g/mol. The normalized spacial score (nSPS) is 23.3. The van der Waals surface area contributed by atoms with E-state index in [1.165, 1.54) is 12.5 Å². The van der Waals surface area contributed by atoms with Gasteiger partial charge in [0.15, 0.2) is 5.96 Å². The van der Waals surface area contributed by atoms with Crippen molar-refractivity contribution in [3.05, 3.63) is 29.8 Å². The lowest BCUT2D eigenvalue weighted by atomic mass is 10.1. The molecule has 2 aliphatic rings. The number of ether oxygens (including phenoxy) is 2. The molecule has 0 aromatic heterocycles. The first-order valence-electron chi connectivity index (χ1n) is 9.71. The monoisotopic (exact) mass is 374 g/mol. The highest BCUT2D eigenvalue weighted by Gasteiger charge is 2.32. The van der Waals surface area contributed by atoms with Gasteiger partial charge in [0.1, 0.15) is 6.10 Å². The molecule has 1 aromatic carbocycles. The third kappa shape index (κ3) is 5.68. The minimum Gasteiger partial charge on any atom is -0.375 e. The number of benzene rings is 1. The summed E-state index contributed by atoms with van der Waals surface area (Å²) in [5.74, 6) is 0.858. The van der Waals surface area contributed by atoms with Crippen LogP contribution in [0.1, 0.15) is 25.3 Å². The molecule has 0 bridgehead atoms. The van der Waals surface area contributed by atoms with Crippen LogP contribution in [0.25, 0.3) is 0 Å². The van der Waals surface area contributed by atoms with Crippen molar-refractivity contribution in [1.82, 2.24) is 10.2 Å². The molecule has 0 radical (unpaired) electrons. The van der Waals surface area contributed by atoms with Crippen molar-refractivity contribution in [3.8, 4) is 0 Å². The summed E-state index contributed by atoms with van der Waals surface area (Å²) < 4.78 is 11.7. The van der Waals surface area contributed by atoms with Crippen molar-refractivity contribution in [1.29, 1.82) is 0 Å². The molecule has 2 fully saturated rings. The molecule has 2 N–H and O–H groups in total. The largest absolute Gasteiger partial charge is 0.375 e. The van der Waals surface area contributed by atoms with Crippen LogP contribution in [0.2, 0.25) is 0 Å². The van der Waals surface area contributed by atoms with E-state index in [9.17, 15) is 4.79 Å². The highest BCUT2D eigenvalue weighted by molar-refractivity contribution is 5.88. The first-order valence-corrected chi connectivity index (χ1v) is 9.71. The molecule has 1 amide bonds. The molecule has 0 aliphatic carbocycles. The van der Waals surface area contributed by atoms with E-state index in [1.807, 2.05) is 31.3 Å². The van der Waals surface area contributed by atoms with Crippen LogP contribution in [0.4, 0.5) is 5.69 Å². The van der Waals surface area contributed by atoms with Crippen LogP contribution >= 0.6 is 0 Å². The zero-order chi connectivity index (χ0) is 19.1. The second-order valence-electron chi connectivity index (χ2n) is 7.01. The number of hydrogen-bond acceptors (Lipinski definition) is 4. The van der Waals surface area contributed by atoms with Gasteiger partial charge in [-0.3, -0.25) is 9.79 Å². The molecule has 7 nitrogen and oxygen atoms in total. The van der Waals surface area contributed by atoms with E-state index in [-0.39, 0.29) is 18.1 Å². The number of anilines is 1. The lowest BCUT2D eigenvalue weighted by Crippen LogP contribution is -2.53. The Morgan fingerprint density at radius 2 is 2.00 bits per heavy atom. The maximum absolute atomic E-state index is 11.1. The van der Waals surface area contributed by atoms with E-state index in [2.05, 4.69) is 20.5 Å². The van der Waals surface area contributed by atoms with Crippen LogP contribution in [0.15, 0.2) is 29.3 Å². The Labute approximate surface area is 161 Å². The lowest BCUT2D eigenvalue weighted by Gasteiger charge is -2.37. The maximum atomic E-state index is 11.1. The summed E-state index contributed by atoms with van der Waals surface area (Å²) in [6.07, 6.45) is 3.44. The number of carbonyl (C=O) groups is 1. The second kappa shape index (κ2) is 9.71. The second-order valence-corrected chi connectivity index (χ2v) is 7.01. The Hall–Kier alpha value is -2.12. The summed E-state index contributed by atoms with van der Waals surface area (Å²) in [4.78, 5) is 17.8. The third-order valence-electron chi connectivity index (χ3n) is 4.96. The quantitative estimate of drug-likeness (QED) is 0.605. The van der Waals surface area contributed by atoms with E-state index >= 15 is 0 Å². The zero-order valence-electron chi connectivity index (χ0n) is 16.2. The molecule has 2 aliphatic heterocycles. The Balaban J connectivity index is 1.46. The molecule has 7 heteroatoms. The molecule has 0 spiro atoms. The minimum absolute atomic E-state index is 0.0555. The van der Waals surface area contributed by atoms with Crippen LogP contribution < -0.4 is 10.6 Å². The summed E-state index contributed by atoms with van der Waals surface area (Å²) in [5.41, 5.74) is 2.04. The topological polar surface area (TPSA) is 75.2 Å². The number of guanidine groups is 1. The Bertz CT molecular complexity index is 641. The van der Waals surface area contributed by atoms with Gasteiger partial charge in [-0.15, -0.1) is 0 Å². The van der Waals surface area contributed by atoms with Crippen molar-refractivity contribution in [2.45, 2.75) is 38.4 Å². The van der Waals surface area contributed by atoms with E-state index in [4.69, 9.17) is 9.47 Å². The number of amides is 1. The van der Waals surface area contributed by atoms with Gasteiger partial charge >= 0.3 is 0 Å². The standard InChI is InChI=1S/C20H30N4O3/c1-15(25)23-17-7-5-16(6-8-17)9-10-22-20(21-2)24-11-13-27-19(14-24)18-4-3-12-26-18/h5-8,18-19H,3-4,9-14H2,1-2H3,(H,21,22)(H,23,25). The summed E-state index contributed by atoms with van der Waals surface area (Å²) in [6, 6.07) is 7.94. The molecule has 2 heterocycles. The summed E-state index contributed by atoms with van der Waals surface area (Å²) >= 11 is 0. The number of nitrogens with one attached hydrogen (secondary N) is 2. The highest BCUT2D eigenvalue weighted by Crippen LogP contribution is 2.21. The Kier molecular flexibility index (Phi) is 7.06. The highest BCUT2D eigenvalue weighted by atomic mass is 16.5. The van der Waals surface area contributed by atoms with Gasteiger partial charge in [-0.2, -0.15) is 0 Å². The molecule has 2 saturated heterocycles. The van der Waals surface area contributed by atoms with Gasteiger partial charge in [-0.05, 0) is 37.0 Å². The number of carbonyl (C=O) groups excluding carboxylic acids is 1. The molecule has 0 saturated carbocycles. The number of nitrogens with zero attached hydrogens (tertiary/aromatic N) is 2. The molecule has 27 heavy (non-hydrogen) atoms. The van der Waals surface area contributed by atoms with Gasteiger partial charge in [0.2, 0.25) is 5.91 Å². The smallest absolute Gasteiger partial charge is 0.221 e. The van der Waals surface area contributed by atoms with Gasteiger partial charge in [-0.1, -0.05) is 12.1 Å². The van der Waals surface area contributed by atoms with E-state index < -0.39 is 0 Å². The van der Waals surface area contributed by atoms with Gasteiger partial charge < -0.3 is 25.0 Å². The summed E-state index contributed by atoms with van der Waals surface area (Å²) in [7, 11) is 1.82. The van der Waals surface area contributed by atoms with Crippen molar-refractivity contribution in [2.24, 2.45) is 4.99 Å². The molecule has 148 valence electrons. The average molecular weight is 374 g/mol. The maximum Gasteiger partial charge on any atom is 0.221 e. The first kappa shape index (κ1) is 19.6. The summed E-state index contributed by atoms with van der Waals surface area (Å²) in [6.45, 7) is 5.52. The van der Waals surface area contributed by atoms with Crippen LogP contribution in [-0.2, 0) is 20.7 Å². The van der Waals surface area contributed by atoms with Crippen molar-refractivity contribution in [2.75, 3.05) is 45.2 Å². The van der Waals surface area contributed by atoms with E-state index in [0.29, 0.717) is 6.61 Å². The molecule has 3 rings (SSSR count). The number of morpholine rings is 1. The third-order valence-corrected chi connectivity index (χ3v) is 4.96. The summed E-state index contributed by atoms with van der Waals surface area (Å²) in [5, 5.41) is 6.24. The van der Waals surface area contributed by atoms with Gasteiger partial charge in [0, 0.05) is 45.9 Å². The van der Waals surface area contributed by atoms with Crippen LogP contribution in [0, 0.1) is 0 Å². The fourth-order valence-corrected chi connectivity index (χ4v) is 3.60. The number of hydrogen-bond donors (Lipinski definition) is 2. The number of rotatable bonds is 5. The lowest BCUT2D eigenvalue weighted by molar-refractivity contribution is -0.114. The van der Waals surface area contributed by atoms with Crippen LogP contribution in [-0.4, -0.2) is 68.9 Å². The van der Waals surface area contributed by atoms with Crippen LogP contribution in [0.3, 0.4) is 0 Å². The molecule has 2 atom stereocenters. The zero-order valence-corrected chi connectivity index (χ0v) is 16.2. The minimum atomic E-state index is -0.0555. The molecule has 2 unspecified atom stereocenters. The number of aliphatic imine (C=N–C) groups is 1. The van der Waals surface area contributed by atoms with Crippen molar-refractivity contribution >= 4 is 17.6 Å². The Morgan fingerprint density at radius 1 is 1.22 bits per heavy atom. The Morgan fingerprint density at radius 3 is 2.67 bits per heavy atom. The van der Waals surface area contributed by atoms with Gasteiger partial charge in [-0.25, -0.2) is 0 Å². The van der Waals surface area contributed by atoms with Crippen molar-refractivity contribution < 1.29 is 14.3 Å². The van der Waals surface area contributed by atoms with Crippen molar-refractivity contribution in [3.63, 3.8) is 0 Å². The van der Waals surface area contributed by atoms with Crippen LogP contribution in [0.5, 0.6) is 0 Å². The predicted octanol–water partition coefficient (Wildman–Crippen LogP) is 1.64. The first-order chi connectivity index (χ1) is 13.2. The fourth-order valence-electron chi connectivity index (χ4n) is 3.60. The van der Waals surface area contributed by atoms with E-state index in [1.54, 1.807) is 0 Å². The van der Waals surface area contributed by atoms with Gasteiger partial charge in [0.05, 0.1) is 12.7 Å².